The smallest absolute Gasteiger partial charge is 0.271 e. The topological polar surface area (TPSA) is 111 Å². The Labute approximate surface area is 186 Å². The minimum Gasteiger partial charge on any atom is -0.508 e. The summed E-state index contributed by atoms with van der Waals surface area (Å²) in [6.45, 7) is 6.34. The van der Waals surface area contributed by atoms with Crippen LogP contribution in [0.25, 0.3) is 0 Å². The number of anilines is 1. The van der Waals surface area contributed by atoms with Crippen LogP contribution in [0.5, 0.6) is 11.5 Å². The van der Waals surface area contributed by atoms with E-state index in [4.69, 9.17) is 0 Å². The standard InChI is InChI=1S/C25H25N3O4/c1-25(2,3)19-9-4-16(5-10-19)23(31)27-20-11-6-17(7-12-20)24(32)28-26-15-18-8-13-21(29)14-22(18)30/h4-15,29-30H,1-3H3,(H,27,31)(H,28,32). The van der Waals surface area contributed by atoms with Crippen LogP contribution in [-0.2, 0) is 5.41 Å². The van der Waals surface area contributed by atoms with E-state index in [2.05, 4.69) is 36.6 Å². The predicted molar refractivity (Wildman–Crippen MR) is 124 cm³/mol. The van der Waals surface area contributed by atoms with Crippen LogP contribution in [0, 0.1) is 0 Å². The fraction of sp³-hybridized carbons (Fsp3) is 0.160. The molecule has 0 radical (unpaired) electrons. The van der Waals surface area contributed by atoms with Crippen molar-refractivity contribution >= 4 is 23.7 Å². The summed E-state index contributed by atoms with van der Waals surface area (Å²) in [4.78, 5) is 24.7. The van der Waals surface area contributed by atoms with Crippen molar-refractivity contribution in [3.05, 3.63) is 89.0 Å². The van der Waals surface area contributed by atoms with E-state index < -0.39 is 5.91 Å². The van der Waals surface area contributed by atoms with Crippen molar-refractivity contribution in [1.29, 1.82) is 0 Å². The highest BCUT2D eigenvalue weighted by Crippen LogP contribution is 2.23. The van der Waals surface area contributed by atoms with E-state index in [-0.39, 0.29) is 22.8 Å². The minimum absolute atomic E-state index is 0.0138. The normalized spacial score (nSPS) is 11.3. The van der Waals surface area contributed by atoms with Crippen LogP contribution >= 0.6 is 0 Å². The first kappa shape index (κ1) is 22.6. The van der Waals surface area contributed by atoms with E-state index >= 15 is 0 Å². The summed E-state index contributed by atoms with van der Waals surface area (Å²) in [6, 6.07) is 17.9. The molecule has 0 fully saturated rings. The first-order valence-corrected chi connectivity index (χ1v) is 10.0. The van der Waals surface area contributed by atoms with Crippen LogP contribution in [0.3, 0.4) is 0 Å². The maximum atomic E-state index is 12.5. The van der Waals surface area contributed by atoms with Crippen molar-refractivity contribution in [1.82, 2.24) is 5.43 Å². The number of carbonyl (C=O) groups is 2. The van der Waals surface area contributed by atoms with E-state index in [0.29, 0.717) is 22.4 Å². The van der Waals surface area contributed by atoms with Gasteiger partial charge < -0.3 is 15.5 Å². The number of aromatic hydroxyl groups is 2. The second kappa shape index (κ2) is 9.34. The maximum Gasteiger partial charge on any atom is 0.271 e. The van der Waals surface area contributed by atoms with E-state index in [9.17, 15) is 19.8 Å². The molecule has 0 unspecified atom stereocenters. The van der Waals surface area contributed by atoms with Gasteiger partial charge in [0.15, 0.2) is 0 Å². The maximum absolute atomic E-state index is 12.5. The van der Waals surface area contributed by atoms with E-state index in [0.717, 1.165) is 5.56 Å². The number of hydrazone groups is 1. The Bertz CT molecular complexity index is 1150. The van der Waals surface area contributed by atoms with Crippen molar-refractivity contribution < 1.29 is 19.8 Å². The lowest BCUT2D eigenvalue weighted by molar-refractivity contribution is 0.0954. The Hall–Kier alpha value is -4.13. The van der Waals surface area contributed by atoms with E-state index in [1.165, 1.54) is 24.4 Å². The monoisotopic (exact) mass is 431 g/mol. The quantitative estimate of drug-likeness (QED) is 0.354. The van der Waals surface area contributed by atoms with Crippen molar-refractivity contribution in [3.8, 4) is 11.5 Å². The molecule has 0 saturated carbocycles. The third-order valence-electron chi connectivity index (χ3n) is 4.80. The number of carbonyl (C=O) groups excluding carboxylic acids is 2. The third kappa shape index (κ3) is 5.72. The average Bonchev–Trinajstić information content (AvgIpc) is 2.75. The highest BCUT2D eigenvalue weighted by atomic mass is 16.3. The molecule has 0 saturated heterocycles. The number of nitrogens with zero attached hydrogens (tertiary/aromatic N) is 1. The first-order valence-electron chi connectivity index (χ1n) is 10.0. The van der Waals surface area contributed by atoms with Crippen molar-refractivity contribution in [2.24, 2.45) is 5.10 Å². The van der Waals surface area contributed by atoms with Gasteiger partial charge >= 0.3 is 0 Å². The molecule has 7 nitrogen and oxygen atoms in total. The fourth-order valence-electron chi connectivity index (χ4n) is 2.90. The zero-order valence-corrected chi connectivity index (χ0v) is 18.1. The van der Waals surface area contributed by atoms with Gasteiger partial charge in [-0.15, -0.1) is 0 Å². The molecular formula is C25H25N3O4. The molecule has 164 valence electrons. The fourth-order valence-corrected chi connectivity index (χ4v) is 2.90. The molecule has 3 aromatic carbocycles. The number of phenolic OH excluding ortho intramolecular Hbond substituents is 2. The zero-order valence-electron chi connectivity index (χ0n) is 18.1. The Balaban J connectivity index is 1.58. The molecule has 0 heterocycles. The first-order chi connectivity index (χ1) is 15.1. The SMILES string of the molecule is CC(C)(C)c1ccc(C(=O)Nc2ccc(C(=O)NN=Cc3ccc(O)cc3O)cc2)cc1. The zero-order chi connectivity index (χ0) is 23.3. The highest BCUT2D eigenvalue weighted by molar-refractivity contribution is 6.04. The number of phenols is 2. The largest absolute Gasteiger partial charge is 0.508 e. The van der Waals surface area contributed by atoms with Gasteiger partial charge in [-0.3, -0.25) is 9.59 Å². The molecule has 0 aromatic heterocycles. The van der Waals surface area contributed by atoms with Gasteiger partial charge in [-0.1, -0.05) is 32.9 Å². The number of nitrogens with one attached hydrogen (secondary N) is 2. The van der Waals surface area contributed by atoms with E-state index in [1.54, 1.807) is 36.4 Å². The highest BCUT2D eigenvalue weighted by Gasteiger charge is 2.14. The molecule has 0 spiro atoms. The lowest BCUT2D eigenvalue weighted by atomic mass is 9.87. The summed E-state index contributed by atoms with van der Waals surface area (Å²) < 4.78 is 0. The number of amides is 2. The Kier molecular flexibility index (Phi) is 6.59. The molecule has 32 heavy (non-hydrogen) atoms. The number of rotatable bonds is 5. The minimum atomic E-state index is -0.449. The molecule has 3 rings (SSSR count). The average molecular weight is 431 g/mol. The molecule has 2 amide bonds. The summed E-state index contributed by atoms with van der Waals surface area (Å²) in [5.41, 5.74) is 5.32. The second-order valence-corrected chi connectivity index (χ2v) is 8.30. The van der Waals surface area contributed by atoms with Crippen LogP contribution in [0.2, 0.25) is 0 Å². The number of benzene rings is 3. The van der Waals surface area contributed by atoms with Crippen LogP contribution in [0.1, 0.15) is 52.6 Å². The molecule has 4 N–H and O–H groups in total. The molecular weight excluding hydrogens is 406 g/mol. The van der Waals surface area contributed by atoms with Crippen LogP contribution < -0.4 is 10.7 Å². The molecule has 0 atom stereocenters. The van der Waals surface area contributed by atoms with Crippen LogP contribution in [0.4, 0.5) is 5.69 Å². The molecule has 3 aromatic rings. The molecule has 0 aliphatic rings. The summed E-state index contributed by atoms with van der Waals surface area (Å²) in [7, 11) is 0. The Morgan fingerprint density at radius 3 is 2.03 bits per heavy atom. The molecule has 0 aliphatic heterocycles. The van der Waals surface area contributed by atoms with Gasteiger partial charge in [0.25, 0.3) is 11.8 Å². The van der Waals surface area contributed by atoms with Gasteiger partial charge in [-0.25, -0.2) is 5.43 Å². The number of hydrogen-bond donors (Lipinski definition) is 4. The van der Waals surface area contributed by atoms with Gasteiger partial charge in [0, 0.05) is 28.4 Å². The second-order valence-electron chi connectivity index (χ2n) is 8.30. The Morgan fingerprint density at radius 2 is 1.44 bits per heavy atom. The lowest BCUT2D eigenvalue weighted by Gasteiger charge is -2.19. The van der Waals surface area contributed by atoms with Crippen molar-refractivity contribution in [2.75, 3.05) is 5.32 Å². The summed E-state index contributed by atoms with van der Waals surface area (Å²) in [6.07, 6.45) is 1.27. The third-order valence-corrected chi connectivity index (χ3v) is 4.80. The summed E-state index contributed by atoms with van der Waals surface area (Å²) >= 11 is 0. The van der Waals surface area contributed by atoms with Crippen LogP contribution in [-0.4, -0.2) is 28.2 Å². The molecule has 0 aliphatic carbocycles. The van der Waals surface area contributed by atoms with E-state index in [1.807, 2.05) is 12.1 Å². The Morgan fingerprint density at radius 1 is 0.844 bits per heavy atom. The van der Waals surface area contributed by atoms with Gasteiger partial charge in [0.05, 0.1) is 6.21 Å². The van der Waals surface area contributed by atoms with Gasteiger partial charge in [-0.2, -0.15) is 5.10 Å². The van der Waals surface area contributed by atoms with Gasteiger partial charge in [0.2, 0.25) is 0 Å². The van der Waals surface area contributed by atoms with Crippen molar-refractivity contribution in [3.63, 3.8) is 0 Å². The van der Waals surface area contributed by atoms with Gasteiger partial charge in [-0.05, 0) is 59.5 Å². The predicted octanol–water partition coefficient (Wildman–Crippen LogP) is 4.41. The van der Waals surface area contributed by atoms with Crippen LogP contribution in [0.15, 0.2) is 71.8 Å². The van der Waals surface area contributed by atoms with Gasteiger partial charge in [0.1, 0.15) is 11.5 Å². The molecule has 7 heteroatoms. The summed E-state index contributed by atoms with van der Waals surface area (Å²) in [5.74, 6) is -0.912. The lowest BCUT2D eigenvalue weighted by Crippen LogP contribution is -2.18. The molecule has 0 bridgehead atoms. The number of hydrogen-bond acceptors (Lipinski definition) is 5. The summed E-state index contributed by atoms with van der Waals surface area (Å²) in [5, 5.41) is 25.6. The van der Waals surface area contributed by atoms with Crippen molar-refractivity contribution in [2.45, 2.75) is 26.2 Å².